The highest BCUT2D eigenvalue weighted by Crippen LogP contribution is 2.44. The SMILES string of the molecule is CC(=O)N1C2CCC(C3CCCC(S(=O)(=O)N(C)C)C3)CC2N(C(=O)C2CCCO2)C[C@@H]1C. The lowest BCUT2D eigenvalue weighted by atomic mass is 9.69. The van der Waals surface area contributed by atoms with E-state index in [1.165, 1.54) is 4.31 Å². The molecule has 0 radical (unpaired) electrons. The second kappa shape index (κ2) is 9.82. The van der Waals surface area contributed by atoms with E-state index in [4.69, 9.17) is 4.74 Å². The zero-order chi connectivity index (χ0) is 23.9. The van der Waals surface area contributed by atoms with E-state index in [0.29, 0.717) is 31.4 Å². The first kappa shape index (κ1) is 24.9. The van der Waals surface area contributed by atoms with Crippen LogP contribution in [0.2, 0.25) is 0 Å². The molecule has 2 aliphatic carbocycles. The highest BCUT2D eigenvalue weighted by molar-refractivity contribution is 7.89. The van der Waals surface area contributed by atoms with Crippen LogP contribution in [-0.2, 0) is 24.3 Å². The van der Waals surface area contributed by atoms with E-state index in [0.717, 1.165) is 51.4 Å². The Morgan fingerprint density at radius 2 is 1.67 bits per heavy atom. The van der Waals surface area contributed by atoms with Crippen molar-refractivity contribution >= 4 is 21.8 Å². The molecule has 4 fully saturated rings. The molecule has 7 atom stereocenters. The van der Waals surface area contributed by atoms with Crippen molar-refractivity contribution in [1.29, 1.82) is 0 Å². The molecule has 0 aromatic carbocycles. The molecule has 8 nitrogen and oxygen atoms in total. The van der Waals surface area contributed by atoms with E-state index in [2.05, 4.69) is 0 Å². The molecule has 33 heavy (non-hydrogen) atoms. The summed E-state index contributed by atoms with van der Waals surface area (Å²) in [6.07, 6.45) is 7.45. The van der Waals surface area contributed by atoms with Gasteiger partial charge in [-0.3, -0.25) is 9.59 Å². The number of fused-ring (bicyclic) bond motifs is 1. The number of ether oxygens (including phenoxy) is 1. The number of sulfonamides is 1. The molecule has 188 valence electrons. The number of hydrogen-bond donors (Lipinski definition) is 0. The Hall–Kier alpha value is -1.19. The van der Waals surface area contributed by atoms with Crippen molar-refractivity contribution in [3.63, 3.8) is 0 Å². The maximum absolute atomic E-state index is 13.4. The van der Waals surface area contributed by atoms with Gasteiger partial charge in [0.1, 0.15) is 6.10 Å². The number of piperazine rings is 1. The lowest BCUT2D eigenvalue weighted by Gasteiger charge is -2.55. The molecular weight excluding hydrogens is 442 g/mol. The normalized spacial score (nSPS) is 37.8. The second-order valence-electron chi connectivity index (χ2n) is 10.9. The van der Waals surface area contributed by atoms with Crippen LogP contribution in [0.15, 0.2) is 0 Å². The Bertz CT molecular complexity index is 841. The topological polar surface area (TPSA) is 87.2 Å². The fourth-order valence-electron chi connectivity index (χ4n) is 7.02. The molecule has 0 aromatic rings. The number of carbonyl (C=O) groups excluding carboxylic acids is 2. The lowest BCUT2D eigenvalue weighted by molar-refractivity contribution is -0.160. The van der Waals surface area contributed by atoms with Gasteiger partial charge in [0.05, 0.1) is 17.3 Å². The van der Waals surface area contributed by atoms with Gasteiger partial charge in [0.25, 0.3) is 5.91 Å². The standard InChI is InChI=1S/C24H41N3O5S/c1-16-15-26(24(29)23-9-6-12-32-23)22-14-19(10-11-21(22)27(16)17(2)28)18-7-5-8-20(13-18)33(30,31)25(3)4/h16,18-23H,5-15H2,1-4H3/t16-,18?,19?,20?,21?,22?,23?/m0/s1. The monoisotopic (exact) mass is 483 g/mol. The Morgan fingerprint density at radius 1 is 0.939 bits per heavy atom. The van der Waals surface area contributed by atoms with Gasteiger partial charge >= 0.3 is 0 Å². The van der Waals surface area contributed by atoms with Gasteiger partial charge in [0.15, 0.2) is 0 Å². The molecule has 6 unspecified atom stereocenters. The summed E-state index contributed by atoms with van der Waals surface area (Å²) in [5.41, 5.74) is 0. The van der Waals surface area contributed by atoms with Crippen molar-refractivity contribution in [2.24, 2.45) is 11.8 Å². The summed E-state index contributed by atoms with van der Waals surface area (Å²) in [5, 5.41) is -0.311. The highest BCUT2D eigenvalue weighted by Gasteiger charge is 2.49. The molecular formula is C24H41N3O5S. The van der Waals surface area contributed by atoms with Gasteiger partial charge in [-0.1, -0.05) is 12.8 Å². The number of hydrogen-bond acceptors (Lipinski definition) is 5. The molecule has 2 amide bonds. The van der Waals surface area contributed by atoms with E-state index < -0.39 is 10.0 Å². The Morgan fingerprint density at radius 3 is 2.30 bits per heavy atom. The van der Waals surface area contributed by atoms with E-state index in [1.54, 1.807) is 21.0 Å². The first-order valence-electron chi connectivity index (χ1n) is 12.7. The minimum atomic E-state index is -3.26. The lowest BCUT2D eigenvalue weighted by Crippen LogP contribution is -2.68. The number of carbonyl (C=O) groups is 2. The molecule has 0 bridgehead atoms. The van der Waals surface area contributed by atoms with E-state index >= 15 is 0 Å². The highest BCUT2D eigenvalue weighted by atomic mass is 32.2. The average molecular weight is 484 g/mol. The zero-order valence-corrected chi connectivity index (χ0v) is 21.4. The maximum Gasteiger partial charge on any atom is 0.252 e. The molecule has 2 saturated carbocycles. The fraction of sp³-hybridized carbons (Fsp3) is 0.917. The first-order chi connectivity index (χ1) is 15.6. The number of amides is 2. The van der Waals surface area contributed by atoms with E-state index in [9.17, 15) is 18.0 Å². The average Bonchev–Trinajstić information content (AvgIpc) is 3.32. The third kappa shape index (κ3) is 4.82. The molecule has 2 saturated heterocycles. The molecule has 0 spiro atoms. The van der Waals surface area contributed by atoms with Crippen LogP contribution >= 0.6 is 0 Å². The van der Waals surface area contributed by atoms with Crippen LogP contribution in [0.3, 0.4) is 0 Å². The van der Waals surface area contributed by atoms with Crippen LogP contribution in [0.1, 0.15) is 71.6 Å². The summed E-state index contributed by atoms with van der Waals surface area (Å²) in [6.45, 7) is 4.86. The summed E-state index contributed by atoms with van der Waals surface area (Å²) in [4.78, 5) is 30.0. The quantitative estimate of drug-likeness (QED) is 0.612. The van der Waals surface area contributed by atoms with Crippen molar-refractivity contribution < 1.29 is 22.7 Å². The number of rotatable bonds is 4. The van der Waals surface area contributed by atoms with Crippen LogP contribution < -0.4 is 0 Å². The van der Waals surface area contributed by atoms with Crippen molar-refractivity contribution in [1.82, 2.24) is 14.1 Å². The molecule has 2 aliphatic heterocycles. The van der Waals surface area contributed by atoms with Crippen LogP contribution in [0.5, 0.6) is 0 Å². The van der Waals surface area contributed by atoms with Crippen molar-refractivity contribution in [2.75, 3.05) is 27.2 Å². The third-order valence-electron chi connectivity index (χ3n) is 8.63. The Labute approximate surface area is 199 Å². The summed E-state index contributed by atoms with van der Waals surface area (Å²) in [6, 6.07) is 0.0269. The maximum atomic E-state index is 13.4. The summed E-state index contributed by atoms with van der Waals surface area (Å²) in [7, 11) is -0.0115. The fourth-order valence-corrected chi connectivity index (χ4v) is 8.57. The molecule has 4 rings (SSSR count). The second-order valence-corrected chi connectivity index (χ2v) is 13.3. The van der Waals surface area contributed by atoms with Crippen molar-refractivity contribution in [3.8, 4) is 0 Å². The van der Waals surface area contributed by atoms with Gasteiger partial charge < -0.3 is 14.5 Å². The van der Waals surface area contributed by atoms with Crippen LogP contribution in [-0.4, -0.2) is 91.1 Å². The van der Waals surface area contributed by atoms with Gasteiger partial charge in [-0.2, -0.15) is 0 Å². The summed E-state index contributed by atoms with van der Waals surface area (Å²) in [5.74, 6) is 0.891. The third-order valence-corrected chi connectivity index (χ3v) is 10.9. The predicted octanol–water partition coefficient (Wildman–Crippen LogP) is 2.23. The van der Waals surface area contributed by atoms with Gasteiger partial charge in [-0.15, -0.1) is 0 Å². The smallest absolute Gasteiger partial charge is 0.252 e. The molecule has 0 aromatic heterocycles. The number of nitrogens with zero attached hydrogens (tertiary/aromatic N) is 3. The van der Waals surface area contributed by atoms with Crippen molar-refractivity contribution in [3.05, 3.63) is 0 Å². The summed E-state index contributed by atoms with van der Waals surface area (Å²) < 4.78 is 32.7. The zero-order valence-electron chi connectivity index (χ0n) is 20.6. The van der Waals surface area contributed by atoms with Crippen LogP contribution in [0, 0.1) is 11.8 Å². The minimum absolute atomic E-state index is 0.00468. The van der Waals surface area contributed by atoms with Gasteiger partial charge in [0, 0.05) is 40.2 Å². The molecule has 2 heterocycles. The summed E-state index contributed by atoms with van der Waals surface area (Å²) >= 11 is 0. The van der Waals surface area contributed by atoms with Gasteiger partial charge in [-0.25, -0.2) is 12.7 Å². The van der Waals surface area contributed by atoms with Gasteiger partial charge in [-0.05, 0) is 63.7 Å². The minimum Gasteiger partial charge on any atom is -0.368 e. The molecule has 9 heteroatoms. The van der Waals surface area contributed by atoms with E-state index in [-0.39, 0.29) is 41.3 Å². The van der Waals surface area contributed by atoms with Gasteiger partial charge in [0.2, 0.25) is 15.9 Å². The Kier molecular flexibility index (Phi) is 7.41. The van der Waals surface area contributed by atoms with Crippen LogP contribution in [0.25, 0.3) is 0 Å². The van der Waals surface area contributed by atoms with E-state index in [1.807, 2.05) is 16.7 Å². The molecule has 0 N–H and O–H groups in total. The first-order valence-corrected chi connectivity index (χ1v) is 14.2. The largest absolute Gasteiger partial charge is 0.368 e. The predicted molar refractivity (Wildman–Crippen MR) is 126 cm³/mol. The Balaban J connectivity index is 1.54. The van der Waals surface area contributed by atoms with Crippen LogP contribution in [0.4, 0.5) is 0 Å². The molecule has 4 aliphatic rings. The van der Waals surface area contributed by atoms with Crippen molar-refractivity contribution in [2.45, 2.75) is 101 Å².